The first kappa shape index (κ1) is 26.2. The lowest BCUT2D eigenvalue weighted by Gasteiger charge is -2.20. The van der Waals surface area contributed by atoms with Crippen molar-refractivity contribution in [1.82, 2.24) is 9.97 Å². The fraction of sp³-hybridized carbons (Fsp3) is 0.360. The van der Waals surface area contributed by atoms with Crippen molar-refractivity contribution in [3.8, 4) is 23.1 Å². The van der Waals surface area contributed by atoms with Crippen LogP contribution in [0.25, 0.3) is 0 Å². The van der Waals surface area contributed by atoms with E-state index in [9.17, 15) is 8.42 Å². The van der Waals surface area contributed by atoms with Gasteiger partial charge in [-0.25, -0.2) is 13.4 Å². The van der Waals surface area contributed by atoms with E-state index in [2.05, 4.69) is 35.5 Å². The molecule has 0 saturated carbocycles. The molecule has 1 heterocycles. The molecule has 10 heteroatoms. The Kier molecular flexibility index (Phi) is 8.18. The topological polar surface area (TPSA) is 120 Å². The number of anilines is 1. The number of benzene rings is 2. The van der Waals surface area contributed by atoms with Gasteiger partial charge in [0.25, 0.3) is 15.9 Å². The quantitative estimate of drug-likeness (QED) is 0.391. The Labute approximate surface area is 206 Å². The van der Waals surface area contributed by atoms with E-state index in [1.165, 1.54) is 7.11 Å². The van der Waals surface area contributed by atoms with E-state index >= 15 is 0 Å². The van der Waals surface area contributed by atoms with Gasteiger partial charge < -0.3 is 19.3 Å². The van der Waals surface area contributed by atoms with Gasteiger partial charge in [-0.3, -0.25) is 4.72 Å². The van der Waals surface area contributed by atoms with Crippen LogP contribution in [0.5, 0.6) is 23.1 Å². The van der Waals surface area contributed by atoms with Crippen LogP contribution in [0, 0.1) is 6.92 Å². The molecule has 9 nitrogen and oxygen atoms in total. The van der Waals surface area contributed by atoms with Gasteiger partial charge in [0.2, 0.25) is 5.75 Å². The third-order valence-electron chi connectivity index (χ3n) is 5.03. The lowest BCUT2D eigenvalue weighted by atomic mass is 9.87. The second-order valence-corrected chi connectivity index (χ2v) is 10.5. The second kappa shape index (κ2) is 10.9. The van der Waals surface area contributed by atoms with E-state index in [0.29, 0.717) is 17.9 Å². The van der Waals surface area contributed by atoms with Gasteiger partial charge in [-0.2, -0.15) is 4.98 Å². The highest BCUT2D eigenvalue weighted by molar-refractivity contribution is 7.92. The van der Waals surface area contributed by atoms with Crippen LogP contribution in [0.1, 0.15) is 38.6 Å². The number of sulfonamides is 1. The van der Waals surface area contributed by atoms with Gasteiger partial charge in [-0.1, -0.05) is 45.0 Å². The number of nitrogens with one attached hydrogen (secondary N) is 1. The van der Waals surface area contributed by atoms with Gasteiger partial charge >= 0.3 is 0 Å². The Bertz CT molecular complexity index is 1260. The van der Waals surface area contributed by atoms with Crippen LogP contribution in [0.15, 0.2) is 53.4 Å². The van der Waals surface area contributed by atoms with Gasteiger partial charge in [0, 0.05) is 13.0 Å². The summed E-state index contributed by atoms with van der Waals surface area (Å²) in [4.78, 5) is 8.64. The average Bonchev–Trinajstić information content (AvgIpc) is 2.81. The standard InChI is InChI=1S/C25H31N3O6S/c1-17-26-23(28-35(30,31)19-13-11-18(12-14-19)25(2,3)4)22(24(27-17)33-16-8-15-29)34-21-10-7-6-9-20(21)32-5/h6-7,9-14,29H,8,15-16H2,1-5H3,(H,26,27,28). The number of hydrogen-bond acceptors (Lipinski definition) is 8. The molecule has 3 aromatic rings. The van der Waals surface area contributed by atoms with Crippen molar-refractivity contribution in [2.24, 2.45) is 0 Å². The lowest BCUT2D eigenvalue weighted by molar-refractivity contribution is 0.224. The fourth-order valence-corrected chi connectivity index (χ4v) is 4.17. The lowest BCUT2D eigenvalue weighted by Crippen LogP contribution is -2.17. The number of aliphatic hydroxyl groups excluding tert-OH is 1. The summed E-state index contributed by atoms with van der Waals surface area (Å²) in [7, 11) is -2.51. The Balaban J connectivity index is 2.04. The maximum atomic E-state index is 13.2. The second-order valence-electron chi connectivity index (χ2n) is 8.81. The number of aromatic nitrogens is 2. The first-order valence-electron chi connectivity index (χ1n) is 11.1. The number of rotatable bonds is 10. The van der Waals surface area contributed by atoms with E-state index in [0.717, 1.165) is 5.56 Å². The monoisotopic (exact) mass is 501 g/mol. The Morgan fingerprint density at radius 1 is 1.00 bits per heavy atom. The number of para-hydroxylation sites is 2. The molecule has 2 aromatic carbocycles. The van der Waals surface area contributed by atoms with E-state index in [-0.39, 0.29) is 46.8 Å². The average molecular weight is 502 g/mol. The summed E-state index contributed by atoms with van der Waals surface area (Å²) >= 11 is 0. The highest BCUT2D eigenvalue weighted by atomic mass is 32.2. The molecule has 0 spiro atoms. The van der Waals surface area contributed by atoms with Crippen LogP contribution in [0.3, 0.4) is 0 Å². The van der Waals surface area contributed by atoms with Crippen molar-refractivity contribution in [3.05, 3.63) is 59.9 Å². The third kappa shape index (κ3) is 6.61. The Hall–Kier alpha value is -3.37. The van der Waals surface area contributed by atoms with Gasteiger partial charge in [0.1, 0.15) is 5.82 Å². The first-order chi connectivity index (χ1) is 16.5. The van der Waals surface area contributed by atoms with Crippen molar-refractivity contribution in [2.45, 2.75) is 44.4 Å². The molecule has 0 aliphatic carbocycles. The number of aryl methyl sites for hydroxylation is 1. The molecule has 0 fully saturated rings. The SMILES string of the molecule is COc1ccccc1Oc1c(NS(=O)(=O)c2ccc(C(C)(C)C)cc2)nc(C)nc1OCCCO. The first-order valence-corrected chi connectivity index (χ1v) is 12.6. The van der Waals surface area contributed by atoms with Crippen molar-refractivity contribution in [3.63, 3.8) is 0 Å². The predicted molar refractivity (Wildman–Crippen MR) is 133 cm³/mol. The molecular weight excluding hydrogens is 470 g/mol. The van der Waals surface area contributed by atoms with Gasteiger partial charge in [-0.15, -0.1) is 0 Å². The van der Waals surface area contributed by atoms with E-state index in [4.69, 9.17) is 19.3 Å². The molecule has 0 radical (unpaired) electrons. The summed E-state index contributed by atoms with van der Waals surface area (Å²) < 4.78 is 46.1. The van der Waals surface area contributed by atoms with Crippen molar-refractivity contribution in [1.29, 1.82) is 0 Å². The van der Waals surface area contributed by atoms with E-state index in [1.54, 1.807) is 55.5 Å². The molecule has 0 atom stereocenters. The normalized spacial score (nSPS) is 11.7. The molecule has 0 amide bonds. The Morgan fingerprint density at radius 3 is 2.26 bits per heavy atom. The fourth-order valence-electron chi connectivity index (χ4n) is 3.16. The summed E-state index contributed by atoms with van der Waals surface area (Å²) in [6.45, 7) is 7.85. The zero-order valence-electron chi connectivity index (χ0n) is 20.5. The largest absolute Gasteiger partial charge is 0.493 e. The molecule has 1 aromatic heterocycles. The summed E-state index contributed by atoms with van der Waals surface area (Å²) in [5, 5.41) is 9.12. The summed E-state index contributed by atoms with van der Waals surface area (Å²) in [5.41, 5.74) is 0.893. The van der Waals surface area contributed by atoms with Gasteiger partial charge in [0.15, 0.2) is 17.3 Å². The zero-order valence-corrected chi connectivity index (χ0v) is 21.3. The molecule has 0 unspecified atom stereocenters. The number of nitrogens with zero attached hydrogens (tertiary/aromatic N) is 2. The molecule has 0 saturated heterocycles. The minimum atomic E-state index is -4.01. The van der Waals surface area contributed by atoms with Crippen LogP contribution in [0.4, 0.5) is 5.82 Å². The molecule has 35 heavy (non-hydrogen) atoms. The predicted octanol–water partition coefficient (Wildman–Crippen LogP) is 4.45. The maximum Gasteiger partial charge on any atom is 0.263 e. The minimum Gasteiger partial charge on any atom is -0.493 e. The van der Waals surface area contributed by atoms with Crippen molar-refractivity contribution in [2.75, 3.05) is 25.0 Å². The van der Waals surface area contributed by atoms with Crippen LogP contribution in [0.2, 0.25) is 0 Å². The number of hydrogen-bond donors (Lipinski definition) is 2. The van der Waals surface area contributed by atoms with Gasteiger partial charge in [0.05, 0.1) is 18.6 Å². The minimum absolute atomic E-state index is 0.0204. The molecule has 188 valence electrons. The highest BCUT2D eigenvalue weighted by Gasteiger charge is 2.24. The van der Waals surface area contributed by atoms with E-state index in [1.807, 2.05) is 0 Å². The maximum absolute atomic E-state index is 13.2. The molecule has 0 aliphatic rings. The molecule has 3 rings (SSSR count). The molecule has 0 bridgehead atoms. The van der Waals surface area contributed by atoms with E-state index < -0.39 is 10.0 Å². The van der Waals surface area contributed by atoms with Crippen LogP contribution in [-0.2, 0) is 15.4 Å². The third-order valence-corrected chi connectivity index (χ3v) is 6.39. The Morgan fingerprint density at radius 2 is 1.66 bits per heavy atom. The summed E-state index contributed by atoms with van der Waals surface area (Å²) in [5.74, 6) is 0.968. The summed E-state index contributed by atoms with van der Waals surface area (Å²) in [6, 6.07) is 13.6. The van der Waals surface area contributed by atoms with Crippen molar-refractivity contribution < 1.29 is 27.7 Å². The molecular formula is C25H31N3O6S. The number of methoxy groups -OCH3 is 1. The summed E-state index contributed by atoms with van der Waals surface area (Å²) in [6.07, 6.45) is 0.359. The molecule has 2 N–H and O–H groups in total. The molecule has 0 aliphatic heterocycles. The van der Waals surface area contributed by atoms with Crippen LogP contribution in [-0.4, -0.2) is 43.8 Å². The zero-order chi connectivity index (χ0) is 25.6. The van der Waals surface area contributed by atoms with Gasteiger partial charge in [-0.05, 0) is 42.2 Å². The van der Waals surface area contributed by atoms with Crippen molar-refractivity contribution >= 4 is 15.8 Å². The highest BCUT2D eigenvalue weighted by Crippen LogP contribution is 2.40. The van der Waals surface area contributed by atoms with Crippen LogP contribution >= 0.6 is 0 Å². The van der Waals surface area contributed by atoms with Crippen LogP contribution < -0.4 is 18.9 Å². The number of ether oxygens (including phenoxy) is 3. The number of aliphatic hydroxyl groups is 1. The smallest absolute Gasteiger partial charge is 0.263 e.